The second-order valence-corrected chi connectivity index (χ2v) is 6.03. The van der Waals surface area contributed by atoms with Gasteiger partial charge < -0.3 is 9.64 Å². The summed E-state index contributed by atoms with van der Waals surface area (Å²) in [6.45, 7) is 2.67. The number of nitrogens with one attached hydrogen (secondary N) is 1. The summed E-state index contributed by atoms with van der Waals surface area (Å²) >= 11 is -2.09. The second kappa shape index (κ2) is 7.40. The molecule has 0 bridgehead atoms. The Hall–Kier alpha value is -1.89. The van der Waals surface area contributed by atoms with Gasteiger partial charge in [-0.2, -0.15) is 0 Å². The molecule has 2 N–H and O–H groups in total. The lowest BCUT2D eigenvalue weighted by Gasteiger charge is -2.16. The highest BCUT2D eigenvalue weighted by molar-refractivity contribution is 7.80. The summed E-state index contributed by atoms with van der Waals surface area (Å²) in [5.41, 5.74) is 2.64. The zero-order valence-electron chi connectivity index (χ0n) is 12.9. The van der Waals surface area contributed by atoms with Gasteiger partial charge in [0.1, 0.15) is 11.5 Å². The molecule has 5 nitrogen and oxygen atoms in total. The highest BCUT2D eigenvalue weighted by atomic mass is 32.2. The summed E-state index contributed by atoms with van der Waals surface area (Å²) in [6, 6.07) is 13.2. The van der Waals surface area contributed by atoms with Gasteiger partial charge in [0.25, 0.3) is 11.3 Å². The predicted molar refractivity (Wildman–Crippen MR) is 89.5 cm³/mol. The average molecular weight is 320 g/mol. The maximum Gasteiger partial charge on any atom is 0.259 e. The molecule has 1 atom stereocenters. The van der Waals surface area contributed by atoms with Crippen LogP contribution in [-0.4, -0.2) is 27.8 Å². The molecule has 0 amide bonds. The Morgan fingerprint density at radius 3 is 2.64 bits per heavy atom. The summed E-state index contributed by atoms with van der Waals surface area (Å²) in [6.07, 6.45) is 0. The van der Waals surface area contributed by atoms with Crippen LogP contribution in [0.5, 0.6) is 11.5 Å². The summed E-state index contributed by atoms with van der Waals surface area (Å²) in [5, 5.41) is 0. The van der Waals surface area contributed by atoms with E-state index in [0.717, 1.165) is 22.6 Å². The first-order chi connectivity index (χ1) is 10.4. The van der Waals surface area contributed by atoms with Crippen molar-refractivity contribution in [2.75, 3.05) is 18.8 Å². The summed E-state index contributed by atoms with van der Waals surface area (Å²) < 4.78 is 28.2. The molecule has 0 aliphatic rings. The normalized spacial score (nSPS) is 12.2. The van der Waals surface area contributed by atoms with E-state index in [1.54, 1.807) is 12.1 Å². The Labute approximate surface area is 133 Å². The third kappa shape index (κ3) is 4.84. The number of hydrogen-bond donors (Lipinski definition) is 2. The molecule has 0 fully saturated rings. The van der Waals surface area contributed by atoms with Crippen LogP contribution in [0.3, 0.4) is 0 Å². The van der Waals surface area contributed by atoms with Crippen molar-refractivity contribution < 1.29 is 13.5 Å². The van der Waals surface area contributed by atoms with Crippen molar-refractivity contribution in [2.24, 2.45) is 0 Å². The lowest BCUT2D eigenvalue weighted by Crippen LogP contribution is -2.12. The molecule has 2 rings (SSSR count). The molecule has 0 heterocycles. The van der Waals surface area contributed by atoms with E-state index in [1.165, 1.54) is 0 Å². The van der Waals surface area contributed by atoms with Gasteiger partial charge in [0.2, 0.25) is 0 Å². The minimum absolute atomic E-state index is 0.578. The van der Waals surface area contributed by atoms with Crippen molar-refractivity contribution in [3.05, 3.63) is 53.6 Å². The van der Waals surface area contributed by atoms with Crippen molar-refractivity contribution in [3.8, 4) is 11.5 Å². The largest absolute Gasteiger partial charge is 0.457 e. The van der Waals surface area contributed by atoms with Crippen LogP contribution < -0.4 is 9.46 Å². The molecular formula is C16H20N2O3S. The molecule has 0 aliphatic heterocycles. The number of hydrogen-bond acceptors (Lipinski definition) is 3. The molecule has 6 heteroatoms. The van der Waals surface area contributed by atoms with E-state index in [-0.39, 0.29) is 0 Å². The standard InChI is InChI=1S/C16H20N2O3S/c1-12-5-4-6-15(9-12)21-16-8-7-14(17-22(19)20)10-13(16)11-18(2)3/h4-10,17H,11H2,1-3H3,(H,19,20). The van der Waals surface area contributed by atoms with Gasteiger partial charge in [0.15, 0.2) is 0 Å². The van der Waals surface area contributed by atoms with Crippen LogP contribution in [-0.2, 0) is 17.8 Å². The van der Waals surface area contributed by atoms with E-state index >= 15 is 0 Å². The molecule has 0 saturated carbocycles. The number of anilines is 1. The van der Waals surface area contributed by atoms with Gasteiger partial charge in [-0.1, -0.05) is 12.1 Å². The Morgan fingerprint density at radius 1 is 1.23 bits per heavy atom. The van der Waals surface area contributed by atoms with E-state index in [9.17, 15) is 4.21 Å². The molecule has 0 radical (unpaired) electrons. The van der Waals surface area contributed by atoms with Crippen molar-refractivity contribution in [1.82, 2.24) is 4.90 Å². The first kappa shape index (κ1) is 16.5. The van der Waals surface area contributed by atoms with Gasteiger partial charge in [-0.15, -0.1) is 0 Å². The van der Waals surface area contributed by atoms with Gasteiger partial charge in [0.05, 0.1) is 0 Å². The third-order valence-electron chi connectivity index (χ3n) is 2.97. The van der Waals surface area contributed by atoms with E-state index < -0.39 is 11.3 Å². The summed E-state index contributed by atoms with van der Waals surface area (Å²) in [5.74, 6) is 1.50. The Balaban J connectivity index is 2.30. The third-order valence-corrected chi connectivity index (χ3v) is 3.38. The van der Waals surface area contributed by atoms with Crippen molar-refractivity contribution in [2.45, 2.75) is 13.5 Å². The quantitative estimate of drug-likeness (QED) is 0.801. The maximum atomic E-state index is 10.9. The molecule has 0 spiro atoms. The lowest BCUT2D eigenvalue weighted by atomic mass is 10.1. The fourth-order valence-corrected chi connectivity index (χ4v) is 2.44. The van der Waals surface area contributed by atoms with Gasteiger partial charge >= 0.3 is 0 Å². The van der Waals surface area contributed by atoms with Crippen molar-refractivity contribution in [1.29, 1.82) is 0 Å². The Morgan fingerprint density at radius 2 is 2.00 bits per heavy atom. The van der Waals surface area contributed by atoms with E-state index in [0.29, 0.717) is 12.2 Å². The van der Waals surface area contributed by atoms with Gasteiger partial charge in [-0.25, -0.2) is 4.21 Å². The number of rotatable bonds is 6. The predicted octanol–water partition coefficient (Wildman–Crippen LogP) is 3.40. The van der Waals surface area contributed by atoms with E-state index in [2.05, 4.69) is 4.72 Å². The molecule has 2 aromatic carbocycles. The van der Waals surface area contributed by atoms with Crippen LogP contribution >= 0.6 is 0 Å². The topological polar surface area (TPSA) is 61.8 Å². The van der Waals surface area contributed by atoms with Crippen LogP contribution in [0, 0.1) is 6.92 Å². The first-order valence-electron chi connectivity index (χ1n) is 6.84. The monoisotopic (exact) mass is 320 g/mol. The Kier molecular flexibility index (Phi) is 5.54. The minimum atomic E-state index is -2.09. The highest BCUT2D eigenvalue weighted by Crippen LogP contribution is 2.29. The molecule has 0 saturated heterocycles. The molecule has 1 unspecified atom stereocenters. The molecule has 0 aromatic heterocycles. The van der Waals surface area contributed by atoms with Crippen molar-refractivity contribution >= 4 is 17.0 Å². The van der Waals surface area contributed by atoms with Crippen LogP contribution in [0.4, 0.5) is 5.69 Å². The van der Waals surface area contributed by atoms with Crippen molar-refractivity contribution in [3.63, 3.8) is 0 Å². The van der Waals surface area contributed by atoms with E-state index in [4.69, 9.17) is 9.29 Å². The lowest BCUT2D eigenvalue weighted by molar-refractivity contribution is 0.388. The number of benzene rings is 2. The molecule has 118 valence electrons. The number of aryl methyl sites for hydroxylation is 1. The van der Waals surface area contributed by atoms with Gasteiger partial charge in [-0.3, -0.25) is 9.27 Å². The summed E-state index contributed by atoms with van der Waals surface area (Å²) in [7, 11) is 3.92. The molecule has 0 aliphatic carbocycles. The molecule has 22 heavy (non-hydrogen) atoms. The number of ether oxygens (including phenoxy) is 1. The minimum Gasteiger partial charge on any atom is -0.457 e. The maximum absolute atomic E-state index is 10.9. The van der Waals surface area contributed by atoms with Crippen LogP contribution in [0.25, 0.3) is 0 Å². The van der Waals surface area contributed by atoms with Crippen LogP contribution in [0.15, 0.2) is 42.5 Å². The van der Waals surface area contributed by atoms with E-state index in [1.807, 2.05) is 56.3 Å². The van der Waals surface area contributed by atoms with Crippen LogP contribution in [0.2, 0.25) is 0 Å². The zero-order valence-corrected chi connectivity index (χ0v) is 13.7. The number of nitrogens with zero attached hydrogens (tertiary/aromatic N) is 1. The summed E-state index contributed by atoms with van der Waals surface area (Å²) in [4.78, 5) is 2.01. The van der Waals surface area contributed by atoms with Gasteiger partial charge in [0, 0.05) is 17.8 Å². The van der Waals surface area contributed by atoms with Gasteiger partial charge in [-0.05, 0) is 56.9 Å². The SMILES string of the molecule is Cc1cccc(Oc2ccc(NS(=O)O)cc2CN(C)C)c1. The van der Waals surface area contributed by atoms with Crippen LogP contribution in [0.1, 0.15) is 11.1 Å². The molecular weight excluding hydrogens is 300 g/mol. The zero-order chi connectivity index (χ0) is 16.1. The highest BCUT2D eigenvalue weighted by Gasteiger charge is 2.09. The molecule has 2 aromatic rings. The smallest absolute Gasteiger partial charge is 0.259 e. The fraction of sp³-hybridized carbons (Fsp3) is 0.250. The Bertz CT molecular complexity index is 674. The second-order valence-electron chi connectivity index (χ2n) is 5.33. The fourth-order valence-electron chi connectivity index (χ4n) is 2.11. The first-order valence-corrected chi connectivity index (χ1v) is 7.94. The average Bonchev–Trinajstić information content (AvgIpc) is 2.40.